The number of carbonyl (C=O) groups is 2. The normalized spacial score (nSPS) is 14.5. The van der Waals surface area contributed by atoms with Gasteiger partial charge in [0, 0.05) is 19.0 Å². The first-order chi connectivity index (χ1) is 23.5. The highest BCUT2D eigenvalue weighted by Gasteiger charge is 2.32. The second-order valence-corrected chi connectivity index (χ2v) is 13.8. The van der Waals surface area contributed by atoms with E-state index >= 15 is 0 Å². The van der Waals surface area contributed by atoms with E-state index in [1.54, 1.807) is 36.1 Å². The molecule has 7 rings (SSSR count). The molecule has 1 saturated heterocycles. The van der Waals surface area contributed by atoms with Gasteiger partial charge >= 0.3 is 5.97 Å². The number of thiazole rings is 2. The number of likely N-dealkylation sites (tertiary alicyclic amines) is 1. The maximum atomic E-state index is 14.1. The third-order valence-corrected chi connectivity index (χ3v) is 10.0. The number of imidazole rings is 1. The molecule has 4 heterocycles. The maximum absolute atomic E-state index is 14.1. The van der Waals surface area contributed by atoms with E-state index in [4.69, 9.17) is 5.11 Å². The zero-order chi connectivity index (χ0) is 34.8. The lowest BCUT2D eigenvalue weighted by Crippen LogP contribution is -2.45. The Kier molecular flexibility index (Phi) is 9.88. The van der Waals surface area contributed by atoms with Gasteiger partial charge in [0.2, 0.25) is 0 Å². The summed E-state index contributed by atoms with van der Waals surface area (Å²) in [5.74, 6) is -3.35. The molecule has 1 atom stereocenters. The number of aryl methyl sites for hydroxylation is 2. The number of carboxylic acid groups (broad SMARTS) is 1. The second-order valence-electron chi connectivity index (χ2n) is 11.4. The Hall–Kier alpha value is -4.95. The standard InChI is InChI=1S/C24H21F3N4OS.C11H8FNO2S/c1-13-28-22(23(33-13)14-5-7-15(25)8-6-14)24(32)31-11-3-2-4-16(31)12-19-29-18-10-9-17(26)20(27)21(18)30-19;1-6-13-9(11(14)15)10(16-6)7-2-4-8(12)5-3-7/h5-10,16H,2-4,11-12H2,1H3,(H,29,30);2-5H,1H3,(H,14,15). The van der Waals surface area contributed by atoms with Crippen LogP contribution in [-0.2, 0) is 6.42 Å². The van der Waals surface area contributed by atoms with Gasteiger partial charge in [0.05, 0.1) is 25.3 Å². The highest BCUT2D eigenvalue weighted by Crippen LogP contribution is 2.33. The summed E-state index contributed by atoms with van der Waals surface area (Å²) in [5, 5.41) is 10.4. The summed E-state index contributed by atoms with van der Waals surface area (Å²) < 4.78 is 53.8. The van der Waals surface area contributed by atoms with Crippen LogP contribution in [0.4, 0.5) is 17.6 Å². The van der Waals surface area contributed by atoms with E-state index in [0.29, 0.717) is 50.3 Å². The van der Waals surface area contributed by atoms with Crippen molar-refractivity contribution in [2.45, 2.75) is 45.6 Å². The minimum atomic E-state index is -1.07. The predicted octanol–water partition coefficient (Wildman–Crippen LogP) is 8.61. The molecule has 0 spiro atoms. The third-order valence-electron chi connectivity index (χ3n) is 8.00. The van der Waals surface area contributed by atoms with Gasteiger partial charge in [0.25, 0.3) is 5.91 Å². The first-order valence-electron chi connectivity index (χ1n) is 15.3. The first-order valence-corrected chi connectivity index (χ1v) is 17.0. The number of nitrogens with one attached hydrogen (secondary N) is 1. The van der Waals surface area contributed by atoms with E-state index in [9.17, 15) is 27.2 Å². The fourth-order valence-electron chi connectivity index (χ4n) is 5.74. The van der Waals surface area contributed by atoms with Crippen molar-refractivity contribution in [1.29, 1.82) is 0 Å². The van der Waals surface area contributed by atoms with E-state index in [0.717, 1.165) is 35.9 Å². The number of aromatic nitrogens is 4. The van der Waals surface area contributed by atoms with Crippen LogP contribution >= 0.6 is 22.7 Å². The zero-order valence-electron chi connectivity index (χ0n) is 26.3. The Balaban J connectivity index is 0.000000218. The number of aromatic amines is 1. The number of piperidine rings is 1. The minimum absolute atomic E-state index is 0.0223. The molecule has 1 aliphatic rings. The Bertz CT molecular complexity index is 2150. The number of amides is 1. The number of halogens is 4. The van der Waals surface area contributed by atoms with Gasteiger partial charge in [-0.2, -0.15) is 0 Å². The van der Waals surface area contributed by atoms with Gasteiger partial charge < -0.3 is 15.0 Å². The molecule has 0 radical (unpaired) electrons. The topological polar surface area (TPSA) is 112 Å². The molecular weight excluding hydrogens is 679 g/mol. The Labute approximate surface area is 286 Å². The van der Waals surface area contributed by atoms with Crippen LogP contribution in [0.1, 0.15) is 56.1 Å². The largest absolute Gasteiger partial charge is 0.476 e. The highest BCUT2D eigenvalue weighted by molar-refractivity contribution is 7.15. The van der Waals surface area contributed by atoms with Crippen LogP contribution in [0.15, 0.2) is 60.7 Å². The molecule has 1 amide bonds. The lowest BCUT2D eigenvalue weighted by Gasteiger charge is -2.35. The van der Waals surface area contributed by atoms with Crippen molar-refractivity contribution in [2.24, 2.45) is 0 Å². The van der Waals surface area contributed by atoms with Crippen LogP contribution in [0.25, 0.3) is 31.9 Å². The number of aromatic carboxylic acids is 1. The van der Waals surface area contributed by atoms with Gasteiger partial charge in [0.15, 0.2) is 17.3 Å². The summed E-state index contributed by atoms with van der Waals surface area (Å²) in [7, 11) is 0. The highest BCUT2D eigenvalue weighted by atomic mass is 32.1. The van der Waals surface area contributed by atoms with Gasteiger partial charge in [-0.25, -0.2) is 37.3 Å². The molecule has 0 saturated carbocycles. The van der Waals surface area contributed by atoms with Crippen molar-refractivity contribution < 1.29 is 32.3 Å². The van der Waals surface area contributed by atoms with E-state index in [1.807, 2.05) is 6.92 Å². The second kappa shape index (κ2) is 14.3. The smallest absolute Gasteiger partial charge is 0.356 e. The van der Waals surface area contributed by atoms with Gasteiger partial charge in [0.1, 0.15) is 28.7 Å². The van der Waals surface area contributed by atoms with E-state index in [1.165, 1.54) is 53.0 Å². The van der Waals surface area contributed by atoms with Crippen LogP contribution < -0.4 is 0 Å². The number of hydrogen-bond acceptors (Lipinski definition) is 7. The number of carboxylic acids is 1. The van der Waals surface area contributed by atoms with Crippen LogP contribution in [-0.4, -0.2) is 54.4 Å². The number of rotatable bonds is 6. The molecule has 252 valence electrons. The molecule has 14 heteroatoms. The molecule has 1 fully saturated rings. The van der Waals surface area contributed by atoms with Gasteiger partial charge in [-0.15, -0.1) is 22.7 Å². The molecule has 0 aliphatic carbocycles. The third kappa shape index (κ3) is 7.39. The van der Waals surface area contributed by atoms with Gasteiger partial charge in [-0.05, 0) is 80.6 Å². The lowest BCUT2D eigenvalue weighted by molar-refractivity contribution is 0.0606. The number of benzene rings is 3. The summed E-state index contributed by atoms with van der Waals surface area (Å²) in [6.07, 6.45) is 3.00. The summed E-state index contributed by atoms with van der Waals surface area (Å²) in [5.41, 5.74) is 2.18. The fourth-order valence-corrected chi connectivity index (χ4v) is 7.57. The zero-order valence-corrected chi connectivity index (χ0v) is 27.9. The number of nitrogens with zero attached hydrogens (tertiary/aromatic N) is 4. The summed E-state index contributed by atoms with van der Waals surface area (Å²) in [6.45, 7) is 4.15. The number of fused-ring (bicyclic) bond motifs is 1. The van der Waals surface area contributed by atoms with Crippen molar-refractivity contribution in [3.8, 4) is 20.9 Å². The van der Waals surface area contributed by atoms with Crippen LogP contribution in [0.3, 0.4) is 0 Å². The lowest BCUT2D eigenvalue weighted by atomic mass is 9.98. The molecule has 2 N–H and O–H groups in total. The molecular formula is C35H29F4N5O3S2. The SMILES string of the molecule is Cc1nc(C(=O)N2CCCCC2Cc2nc3c(F)c(F)ccc3[nH]2)c(-c2ccc(F)cc2)s1.Cc1nc(C(=O)O)c(-c2ccc(F)cc2)s1. The monoisotopic (exact) mass is 707 g/mol. The van der Waals surface area contributed by atoms with Gasteiger partial charge in [-0.3, -0.25) is 4.79 Å². The Morgan fingerprint density at radius 1 is 0.816 bits per heavy atom. The van der Waals surface area contributed by atoms with Crippen molar-refractivity contribution in [2.75, 3.05) is 6.54 Å². The molecule has 6 aromatic rings. The van der Waals surface area contributed by atoms with E-state index < -0.39 is 17.6 Å². The average molecular weight is 708 g/mol. The first kappa shape index (κ1) is 33.9. The summed E-state index contributed by atoms with van der Waals surface area (Å²) in [4.78, 5) is 43.4. The van der Waals surface area contributed by atoms with Crippen molar-refractivity contribution in [3.63, 3.8) is 0 Å². The van der Waals surface area contributed by atoms with Gasteiger partial charge in [-0.1, -0.05) is 24.3 Å². The molecule has 1 unspecified atom stereocenters. The number of carbonyl (C=O) groups excluding carboxylic acids is 1. The van der Waals surface area contributed by atoms with Crippen molar-refractivity contribution in [1.82, 2.24) is 24.8 Å². The van der Waals surface area contributed by atoms with Crippen molar-refractivity contribution in [3.05, 3.63) is 111 Å². The van der Waals surface area contributed by atoms with Crippen LogP contribution in [0.5, 0.6) is 0 Å². The Morgan fingerprint density at radius 2 is 1.39 bits per heavy atom. The fraction of sp³-hybridized carbons (Fsp3) is 0.229. The number of H-pyrrole nitrogens is 1. The molecule has 8 nitrogen and oxygen atoms in total. The molecule has 1 aliphatic heterocycles. The number of hydrogen-bond donors (Lipinski definition) is 2. The predicted molar refractivity (Wildman–Crippen MR) is 180 cm³/mol. The molecule has 3 aromatic carbocycles. The summed E-state index contributed by atoms with van der Waals surface area (Å²) in [6, 6.07) is 14.1. The summed E-state index contributed by atoms with van der Waals surface area (Å²) >= 11 is 2.69. The quantitative estimate of drug-likeness (QED) is 0.168. The Morgan fingerprint density at radius 3 is 1.98 bits per heavy atom. The van der Waals surface area contributed by atoms with Crippen LogP contribution in [0.2, 0.25) is 0 Å². The molecule has 49 heavy (non-hydrogen) atoms. The van der Waals surface area contributed by atoms with Crippen molar-refractivity contribution >= 4 is 45.6 Å². The van der Waals surface area contributed by atoms with E-state index in [-0.39, 0.29) is 34.8 Å². The molecule has 0 bridgehead atoms. The van der Waals surface area contributed by atoms with E-state index in [2.05, 4.69) is 19.9 Å². The minimum Gasteiger partial charge on any atom is -0.476 e. The molecule has 3 aromatic heterocycles. The average Bonchev–Trinajstić information content (AvgIpc) is 3.80. The van der Waals surface area contributed by atoms with Crippen LogP contribution in [0, 0.1) is 37.1 Å². The maximum Gasteiger partial charge on any atom is 0.356 e.